The van der Waals surface area contributed by atoms with Crippen LogP contribution in [0.15, 0.2) is 0 Å². The van der Waals surface area contributed by atoms with Gasteiger partial charge in [0.05, 0.1) is 5.60 Å². The van der Waals surface area contributed by atoms with Gasteiger partial charge in [-0.3, -0.25) is 9.00 Å². The van der Waals surface area contributed by atoms with Crippen molar-refractivity contribution in [2.45, 2.75) is 42.3 Å². The van der Waals surface area contributed by atoms with E-state index < -0.39 is 22.0 Å². The average Bonchev–Trinajstić information content (AvgIpc) is 2.75. The van der Waals surface area contributed by atoms with Gasteiger partial charge >= 0.3 is 5.97 Å². The molecule has 4 unspecified atom stereocenters. The van der Waals surface area contributed by atoms with Crippen molar-refractivity contribution < 1.29 is 18.8 Å². The summed E-state index contributed by atoms with van der Waals surface area (Å²) in [6.45, 7) is 2.15. The Labute approximate surface area is 108 Å². The standard InChI is InChI=1S/C11H18O4S2/c1-8(10(12)13)17(14)9-2-4-15-11(6-9)3-5-16-7-11/h8-9H,2-7H2,1H3,(H,12,13). The topological polar surface area (TPSA) is 63.6 Å². The Bertz CT molecular complexity index is 325. The largest absolute Gasteiger partial charge is 0.480 e. The first-order valence-corrected chi connectivity index (χ1v) is 8.31. The number of thioether (sulfide) groups is 1. The third-order valence-corrected chi connectivity index (χ3v) is 6.72. The summed E-state index contributed by atoms with van der Waals surface area (Å²) in [5, 5.41) is 8.12. The summed E-state index contributed by atoms with van der Waals surface area (Å²) < 4.78 is 18.0. The Kier molecular flexibility index (Phi) is 4.15. The summed E-state index contributed by atoms with van der Waals surface area (Å²) >= 11 is 1.87. The minimum absolute atomic E-state index is 0.0199. The molecule has 0 radical (unpaired) electrons. The number of hydrogen-bond acceptors (Lipinski definition) is 4. The summed E-state index contributed by atoms with van der Waals surface area (Å²) in [6, 6.07) is 0. The van der Waals surface area contributed by atoms with Crippen LogP contribution >= 0.6 is 11.8 Å². The SMILES string of the molecule is CC(C(=O)O)S(=O)C1CCOC2(CCSC2)C1. The van der Waals surface area contributed by atoms with Crippen LogP contribution in [0.1, 0.15) is 26.2 Å². The summed E-state index contributed by atoms with van der Waals surface area (Å²) in [7, 11) is -1.29. The van der Waals surface area contributed by atoms with Gasteiger partial charge in [-0.25, -0.2) is 0 Å². The Balaban J connectivity index is 2.02. The van der Waals surface area contributed by atoms with Crippen molar-refractivity contribution in [1.82, 2.24) is 0 Å². The van der Waals surface area contributed by atoms with E-state index in [9.17, 15) is 9.00 Å². The Hall–Kier alpha value is -0.0700. The van der Waals surface area contributed by atoms with Gasteiger partial charge in [0, 0.05) is 28.4 Å². The van der Waals surface area contributed by atoms with Crippen LogP contribution in [0.2, 0.25) is 0 Å². The van der Waals surface area contributed by atoms with Crippen molar-refractivity contribution in [3.05, 3.63) is 0 Å². The molecule has 1 N–H and O–H groups in total. The molecule has 2 saturated heterocycles. The molecule has 6 heteroatoms. The molecule has 0 bridgehead atoms. The van der Waals surface area contributed by atoms with Gasteiger partial charge in [0.1, 0.15) is 5.25 Å². The fourth-order valence-corrected chi connectivity index (χ4v) is 5.38. The minimum Gasteiger partial charge on any atom is -0.480 e. The Morgan fingerprint density at radius 3 is 3.00 bits per heavy atom. The summed E-state index contributed by atoms with van der Waals surface area (Å²) in [4.78, 5) is 10.9. The number of aliphatic carboxylic acids is 1. The van der Waals surface area contributed by atoms with Crippen molar-refractivity contribution in [2.75, 3.05) is 18.1 Å². The van der Waals surface area contributed by atoms with Crippen LogP contribution in [0.3, 0.4) is 0 Å². The molecule has 2 aliphatic rings. The van der Waals surface area contributed by atoms with Crippen molar-refractivity contribution >= 4 is 28.5 Å². The summed E-state index contributed by atoms with van der Waals surface area (Å²) in [5.74, 6) is 1.08. The minimum atomic E-state index is -1.29. The Morgan fingerprint density at radius 1 is 1.65 bits per heavy atom. The molecule has 2 fully saturated rings. The molecule has 2 rings (SSSR count). The van der Waals surface area contributed by atoms with E-state index in [1.54, 1.807) is 0 Å². The van der Waals surface area contributed by atoms with Crippen LogP contribution in [0.25, 0.3) is 0 Å². The number of carboxylic acid groups (broad SMARTS) is 1. The molecule has 2 aliphatic heterocycles. The molecule has 1 spiro atoms. The van der Waals surface area contributed by atoms with Crippen LogP contribution in [0, 0.1) is 0 Å². The quantitative estimate of drug-likeness (QED) is 0.842. The van der Waals surface area contributed by atoms with Gasteiger partial charge in [-0.15, -0.1) is 0 Å². The van der Waals surface area contributed by atoms with Crippen LogP contribution in [-0.4, -0.2) is 49.5 Å². The lowest BCUT2D eigenvalue weighted by Gasteiger charge is -2.37. The smallest absolute Gasteiger partial charge is 0.318 e. The van der Waals surface area contributed by atoms with E-state index >= 15 is 0 Å². The first-order valence-electron chi connectivity index (χ1n) is 5.88. The summed E-state index contributed by atoms with van der Waals surface area (Å²) in [6.07, 6.45) is 2.48. The van der Waals surface area contributed by atoms with Gasteiger partial charge in [0.15, 0.2) is 0 Å². The number of rotatable bonds is 3. The first kappa shape index (κ1) is 13.4. The van der Waals surface area contributed by atoms with E-state index in [0.29, 0.717) is 6.61 Å². The molecule has 98 valence electrons. The number of ether oxygens (including phenoxy) is 1. The molecule has 0 aromatic rings. The third kappa shape index (κ3) is 2.85. The van der Waals surface area contributed by atoms with Gasteiger partial charge in [-0.1, -0.05) is 0 Å². The maximum atomic E-state index is 12.1. The molecule has 0 amide bonds. The molecule has 4 nitrogen and oxygen atoms in total. The first-order chi connectivity index (χ1) is 8.04. The zero-order valence-corrected chi connectivity index (χ0v) is 11.5. The number of carbonyl (C=O) groups is 1. The second-order valence-corrected chi connectivity index (χ2v) is 7.89. The average molecular weight is 278 g/mol. The van der Waals surface area contributed by atoms with Crippen LogP contribution in [-0.2, 0) is 20.3 Å². The molecular weight excluding hydrogens is 260 g/mol. The van der Waals surface area contributed by atoms with E-state index in [1.807, 2.05) is 11.8 Å². The Morgan fingerprint density at radius 2 is 2.41 bits per heavy atom. The van der Waals surface area contributed by atoms with Gasteiger partial charge < -0.3 is 9.84 Å². The lowest BCUT2D eigenvalue weighted by molar-refractivity contribution is -0.136. The zero-order valence-electron chi connectivity index (χ0n) is 9.89. The maximum Gasteiger partial charge on any atom is 0.318 e. The molecule has 0 aromatic heterocycles. The van der Waals surface area contributed by atoms with Crippen molar-refractivity contribution in [3.8, 4) is 0 Å². The monoisotopic (exact) mass is 278 g/mol. The highest BCUT2D eigenvalue weighted by molar-refractivity contribution is 7.99. The third-order valence-electron chi connectivity index (χ3n) is 3.54. The van der Waals surface area contributed by atoms with E-state index in [2.05, 4.69) is 0 Å². The fourth-order valence-electron chi connectivity index (χ4n) is 2.43. The lowest BCUT2D eigenvalue weighted by Crippen LogP contribution is -2.45. The number of carboxylic acids is 1. The predicted molar refractivity (Wildman–Crippen MR) is 68.9 cm³/mol. The second kappa shape index (κ2) is 5.28. The zero-order chi connectivity index (χ0) is 12.5. The van der Waals surface area contributed by atoms with Gasteiger partial charge in [-0.2, -0.15) is 11.8 Å². The highest BCUT2D eigenvalue weighted by Gasteiger charge is 2.43. The molecular formula is C11H18O4S2. The molecule has 4 atom stereocenters. The van der Waals surface area contributed by atoms with E-state index in [-0.39, 0.29) is 10.9 Å². The van der Waals surface area contributed by atoms with Gasteiger partial charge in [0.2, 0.25) is 0 Å². The van der Waals surface area contributed by atoms with Crippen LogP contribution in [0.4, 0.5) is 0 Å². The second-order valence-electron chi connectivity index (χ2n) is 4.76. The van der Waals surface area contributed by atoms with Gasteiger partial charge in [0.25, 0.3) is 0 Å². The predicted octanol–water partition coefficient (Wildman–Crippen LogP) is 1.26. The maximum absolute atomic E-state index is 12.1. The highest BCUT2D eigenvalue weighted by Crippen LogP contribution is 2.39. The molecule has 0 saturated carbocycles. The van der Waals surface area contributed by atoms with Gasteiger partial charge in [-0.05, 0) is 31.9 Å². The fraction of sp³-hybridized carbons (Fsp3) is 0.909. The van der Waals surface area contributed by atoms with Crippen molar-refractivity contribution in [2.24, 2.45) is 0 Å². The molecule has 2 heterocycles. The highest BCUT2D eigenvalue weighted by atomic mass is 32.2. The lowest BCUT2D eigenvalue weighted by atomic mass is 9.93. The normalized spacial score (nSPS) is 36.9. The van der Waals surface area contributed by atoms with Crippen molar-refractivity contribution in [3.63, 3.8) is 0 Å². The summed E-state index contributed by atoms with van der Waals surface area (Å²) in [5.41, 5.74) is -0.124. The van der Waals surface area contributed by atoms with Crippen molar-refractivity contribution in [1.29, 1.82) is 0 Å². The van der Waals surface area contributed by atoms with Crippen LogP contribution < -0.4 is 0 Å². The van der Waals surface area contributed by atoms with E-state index in [1.165, 1.54) is 6.92 Å². The number of hydrogen-bond donors (Lipinski definition) is 1. The van der Waals surface area contributed by atoms with E-state index in [0.717, 1.165) is 30.8 Å². The molecule has 0 aliphatic carbocycles. The van der Waals surface area contributed by atoms with Crippen LogP contribution in [0.5, 0.6) is 0 Å². The molecule has 17 heavy (non-hydrogen) atoms. The van der Waals surface area contributed by atoms with E-state index in [4.69, 9.17) is 9.84 Å². The molecule has 0 aromatic carbocycles.